The molecule has 4 rings (SSSR count). The van der Waals surface area contributed by atoms with Gasteiger partial charge in [-0.2, -0.15) is 0 Å². The lowest BCUT2D eigenvalue weighted by Crippen LogP contribution is -2.14. The summed E-state index contributed by atoms with van der Waals surface area (Å²) < 4.78 is 2.57. The normalized spacial score (nSPS) is 11.0. The van der Waals surface area contributed by atoms with E-state index in [4.69, 9.17) is 11.6 Å². The smallest absolute Gasteiger partial charge is 0.295 e. The molecule has 4 aromatic rings. The Morgan fingerprint density at radius 1 is 1.12 bits per heavy atom. The van der Waals surface area contributed by atoms with Crippen molar-refractivity contribution in [3.05, 3.63) is 64.7 Å². The number of benzene rings is 2. The highest BCUT2D eigenvalue weighted by molar-refractivity contribution is 7.22. The molecule has 26 heavy (non-hydrogen) atoms. The summed E-state index contributed by atoms with van der Waals surface area (Å²) in [4.78, 5) is 21.3. The molecule has 2 heterocycles. The molecule has 1 amide bonds. The lowest BCUT2D eigenvalue weighted by atomic mass is 10.2. The highest BCUT2D eigenvalue weighted by atomic mass is 35.5. The summed E-state index contributed by atoms with van der Waals surface area (Å²) in [6.07, 6.45) is 0. The van der Waals surface area contributed by atoms with Gasteiger partial charge in [-0.15, -0.1) is 5.10 Å². The van der Waals surface area contributed by atoms with Gasteiger partial charge in [-0.25, -0.2) is 14.6 Å². The van der Waals surface area contributed by atoms with Crippen molar-refractivity contribution in [3.8, 4) is 5.69 Å². The fourth-order valence-electron chi connectivity index (χ4n) is 2.63. The maximum Gasteiger partial charge on any atom is 0.297 e. The Labute approximate surface area is 158 Å². The van der Waals surface area contributed by atoms with Gasteiger partial charge >= 0.3 is 0 Å². The lowest BCUT2D eigenvalue weighted by molar-refractivity contribution is 0.101. The van der Waals surface area contributed by atoms with Crippen LogP contribution in [0.5, 0.6) is 0 Å². The number of anilines is 1. The number of halogens is 1. The number of nitrogens with zero attached hydrogens (tertiary/aromatic N) is 4. The Kier molecular flexibility index (Phi) is 4.18. The average molecular weight is 384 g/mol. The minimum Gasteiger partial charge on any atom is -0.295 e. The van der Waals surface area contributed by atoms with Crippen LogP contribution in [0, 0.1) is 13.8 Å². The van der Waals surface area contributed by atoms with Crippen LogP contribution in [0.4, 0.5) is 5.13 Å². The van der Waals surface area contributed by atoms with Crippen LogP contribution >= 0.6 is 22.9 Å². The minimum atomic E-state index is -0.407. The Morgan fingerprint density at radius 3 is 2.69 bits per heavy atom. The monoisotopic (exact) mass is 383 g/mol. The second-order valence-corrected chi connectivity index (χ2v) is 7.18. The van der Waals surface area contributed by atoms with Crippen LogP contribution < -0.4 is 5.32 Å². The molecule has 0 saturated carbocycles. The summed E-state index contributed by atoms with van der Waals surface area (Å²) in [6, 6.07) is 13.2. The Bertz CT molecular complexity index is 1130. The number of carbonyl (C=O) groups excluding carboxylic acids is 1. The van der Waals surface area contributed by atoms with Gasteiger partial charge in [0, 0.05) is 0 Å². The van der Waals surface area contributed by atoms with Crippen LogP contribution in [-0.4, -0.2) is 25.7 Å². The third-order valence-electron chi connectivity index (χ3n) is 3.89. The molecule has 8 heteroatoms. The number of para-hydroxylation sites is 2. The molecule has 130 valence electrons. The standard InChI is InChI=1S/C18H14ClN5OS/c1-10-6-5-9-14-15(10)21-18(26-14)22-17(25)16-20-11(2)24(23-16)13-8-4-3-7-12(13)19/h3-9H,1-2H3,(H,21,22,25). The molecule has 0 aliphatic carbocycles. The third kappa shape index (κ3) is 2.95. The number of fused-ring (bicyclic) bond motifs is 1. The Hall–Kier alpha value is -2.77. The zero-order chi connectivity index (χ0) is 18.3. The molecule has 0 radical (unpaired) electrons. The number of thiazole rings is 1. The largest absolute Gasteiger partial charge is 0.297 e. The van der Waals surface area contributed by atoms with Gasteiger partial charge in [0.15, 0.2) is 5.13 Å². The van der Waals surface area contributed by atoms with Crippen LogP contribution in [0.2, 0.25) is 5.02 Å². The average Bonchev–Trinajstić information content (AvgIpc) is 3.19. The topological polar surface area (TPSA) is 72.7 Å². The van der Waals surface area contributed by atoms with Crippen molar-refractivity contribution >= 4 is 44.2 Å². The number of amides is 1. The number of aromatic nitrogens is 4. The van der Waals surface area contributed by atoms with Gasteiger partial charge in [-0.1, -0.05) is 47.2 Å². The van der Waals surface area contributed by atoms with Crippen LogP contribution in [0.3, 0.4) is 0 Å². The number of nitrogens with one attached hydrogen (secondary N) is 1. The molecule has 0 bridgehead atoms. The van der Waals surface area contributed by atoms with Crippen LogP contribution in [0.1, 0.15) is 22.0 Å². The second-order valence-electron chi connectivity index (χ2n) is 5.74. The van der Waals surface area contributed by atoms with E-state index < -0.39 is 5.91 Å². The molecule has 0 aliphatic rings. The maximum atomic E-state index is 12.5. The van der Waals surface area contributed by atoms with Gasteiger partial charge in [0.05, 0.1) is 20.9 Å². The first kappa shape index (κ1) is 16.7. The van der Waals surface area contributed by atoms with Crippen molar-refractivity contribution in [1.82, 2.24) is 19.7 Å². The summed E-state index contributed by atoms with van der Waals surface area (Å²) >= 11 is 7.63. The molecule has 6 nitrogen and oxygen atoms in total. The number of rotatable bonds is 3. The zero-order valence-corrected chi connectivity index (χ0v) is 15.6. The van der Waals surface area contributed by atoms with Gasteiger partial charge < -0.3 is 0 Å². The number of aryl methyl sites for hydroxylation is 2. The molecule has 0 spiro atoms. The van der Waals surface area contributed by atoms with E-state index in [1.807, 2.05) is 43.3 Å². The fraction of sp³-hybridized carbons (Fsp3) is 0.111. The first-order valence-electron chi connectivity index (χ1n) is 7.89. The van der Waals surface area contributed by atoms with Crippen molar-refractivity contribution in [3.63, 3.8) is 0 Å². The molecule has 0 atom stereocenters. The van der Waals surface area contributed by atoms with Gasteiger partial charge in [0.25, 0.3) is 5.91 Å². The van der Waals surface area contributed by atoms with E-state index >= 15 is 0 Å². The van der Waals surface area contributed by atoms with Crippen molar-refractivity contribution in [2.24, 2.45) is 0 Å². The molecular formula is C18H14ClN5OS. The summed E-state index contributed by atoms with van der Waals surface area (Å²) in [6.45, 7) is 3.76. The number of hydrogen-bond acceptors (Lipinski definition) is 5. The van der Waals surface area contributed by atoms with Crippen molar-refractivity contribution < 1.29 is 4.79 Å². The number of carbonyl (C=O) groups is 1. The van der Waals surface area contributed by atoms with E-state index in [0.29, 0.717) is 21.7 Å². The molecule has 0 aliphatic heterocycles. The third-order valence-corrected chi connectivity index (χ3v) is 5.15. The van der Waals surface area contributed by atoms with Crippen molar-refractivity contribution in [2.45, 2.75) is 13.8 Å². The Balaban J connectivity index is 1.63. The highest BCUT2D eigenvalue weighted by Crippen LogP contribution is 2.28. The predicted molar refractivity (Wildman–Crippen MR) is 103 cm³/mol. The van der Waals surface area contributed by atoms with E-state index in [9.17, 15) is 4.79 Å². The first-order valence-corrected chi connectivity index (χ1v) is 9.08. The van der Waals surface area contributed by atoms with E-state index in [1.54, 1.807) is 17.7 Å². The second kappa shape index (κ2) is 6.51. The van der Waals surface area contributed by atoms with Gasteiger partial charge in [-0.05, 0) is 37.6 Å². The van der Waals surface area contributed by atoms with Crippen LogP contribution in [0.15, 0.2) is 42.5 Å². The quantitative estimate of drug-likeness (QED) is 0.569. The first-order chi connectivity index (χ1) is 12.5. The molecular weight excluding hydrogens is 370 g/mol. The number of hydrogen-bond donors (Lipinski definition) is 1. The molecule has 0 saturated heterocycles. The van der Waals surface area contributed by atoms with Gasteiger partial charge in [-0.3, -0.25) is 10.1 Å². The van der Waals surface area contributed by atoms with E-state index in [1.165, 1.54) is 11.3 Å². The summed E-state index contributed by atoms with van der Waals surface area (Å²) in [5.41, 5.74) is 2.63. The van der Waals surface area contributed by atoms with Gasteiger partial charge in [0.1, 0.15) is 5.82 Å². The predicted octanol–water partition coefficient (Wildman–Crippen LogP) is 4.40. The maximum absolute atomic E-state index is 12.5. The van der Waals surface area contributed by atoms with E-state index in [2.05, 4.69) is 20.4 Å². The van der Waals surface area contributed by atoms with Gasteiger partial charge in [0.2, 0.25) is 5.82 Å². The van der Waals surface area contributed by atoms with Crippen LogP contribution in [-0.2, 0) is 0 Å². The fourth-order valence-corrected chi connectivity index (χ4v) is 3.79. The summed E-state index contributed by atoms with van der Waals surface area (Å²) in [5, 5.41) is 8.13. The summed E-state index contributed by atoms with van der Waals surface area (Å²) in [5.74, 6) is 0.234. The molecule has 0 fully saturated rings. The van der Waals surface area contributed by atoms with E-state index in [-0.39, 0.29) is 5.82 Å². The lowest BCUT2D eigenvalue weighted by Gasteiger charge is -2.04. The molecule has 0 unspecified atom stereocenters. The van der Waals surface area contributed by atoms with Crippen molar-refractivity contribution in [1.29, 1.82) is 0 Å². The zero-order valence-electron chi connectivity index (χ0n) is 14.0. The highest BCUT2D eigenvalue weighted by Gasteiger charge is 2.18. The van der Waals surface area contributed by atoms with Crippen molar-refractivity contribution in [2.75, 3.05) is 5.32 Å². The van der Waals surface area contributed by atoms with E-state index in [0.717, 1.165) is 15.8 Å². The summed E-state index contributed by atoms with van der Waals surface area (Å²) in [7, 11) is 0. The van der Waals surface area contributed by atoms with Crippen LogP contribution in [0.25, 0.3) is 15.9 Å². The molecule has 1 N–H and O–H groups in total. The minimum absolute atomic E-state index is 0.0680. The molecule has 2 aromatic carbocycles. The molecule has 2 aromatic heterocycles. The Morgan fingerprint density at radius 2 is 1.92 bits per heavy atom. The SMILES string of the molecule is Cc1cccc2sc(NC(=O)c3nc(C)n(-c4ccccc4Cl)n3)nc12.